The van der Waals surface area contributed by atoms with Crippen LogP contribution in [-0.2, 0) is 16.0 Å². The molecule has 1 saturated carbocycles. The summed E-state index contributed by atoms with van der Waals surface area (Å²) in [7, 11) is 0. The second kappa shape index (κ2) is 5.76. The maximum absolute atomic E-state index is 12.2. The van der Waals surface area contributed by atoms with Crippen molar-refractivity contribution in [2.75, 3.05) is 13.1 Å². The Labute approximate surface area is 130 Å². The summed E-state index contributed by atoms with van der Waals surface area (Å²) in [5.74, 6) is -0.000994. The second-order valence-electron chi connectivity index (χ2n) is 6.44. The molecule has 1 unspecified atom stereocenters. The molecule has 1 aliphatic carbocycles. The van der Waals surface area contributed by atoms with Crippen LogP contribution in [0, 0.1) is 0 Å². The molecule has 2 aromatic rings. The zero-order valence-corrected chi connectivity index (χ0v) is 12.8. The quantitative estimate of drug-likeness (QED) is 0.863. The van der Waals surface area contributed by atoms with Crippen molar-refractivity contribution in [2.45, 2.75) is 44.2 Å². The zero-order valence-electron chi connectivity index (χ0n) is 12.8. The molecule has 4 rings (SSSR count). The van der Waals surface area contributed by atoms with Gasteiger partial charge in [-0.1, -0.05) is 18.2 Å². The number of carbonyl (C=O) groups excluding carboxylic acids is 1. The van der Waals surface area contributed by atoms with Crippen molar-refractivity contribution in [2.24, 2.45) is 0 Å². The molecule has 116 valence electrons. The first-order valence-electron chi connectivity index (χ1n) is 8.31. The lowest BCUT2D eigenvalue weighted by Gasteiger charge is -2.22. The lowest BCUT2D eigenvalue weighted by atomic mass is 10.1. The Bertz CT molecular complexity index is 675. The van der Waals surface area contributed by atoms with Crippen molar-refractivity contribution in [3.63, 3.8) is 0 Å². The molecule has 0 radical (unpaired) electrons. The first-order chi connectivity index (χ1) is 10.8. The molecule has 0 spiro atoms. The van der Waals surface area contributed by atoms with Gasteiger partial charge in [-0.25, -0.2) is 0 Å². The summed E-state index contributed by atoms with van der Waals surface area (Å²) < 4.78 is 5.50. The van der Waals surface area contributed by atoms with E-state index in [4.69, 9.17) is 4.74 Å². The van der Waals surface area contributed by atoms with Gasteiger partial charge in [0.15, 0.2) is 0 Å². The highest BCUT2D eigenvalue weighted by atomic mass is 16.5. The smallest absolute Gasteiger partial charge is 0.323 e. The zero-order chi connectivity index (χ0) is 14.9. The van der Waals surface area contributed by atoms with E-state index in [1.54, 1.807) is 0 Å². The van der Waals surface area contributed by atoms with Crippen LogP contribution < -0.4 is 0 Å². The molecule has 2 heterocycles. The Kier molecular flexibility index (Phi) is 3.62. The van der Waals surface area contributed by atoms with Crippen LogP contribution >= 0.6 is 0 Å². The lowest BCUT2D eigenvalue weighted by Crippen LogP contribution is -2.38. The number of likely N-dealkylation sites (tertiary alicyclic amines) is 1. The van der Waals surface area contributed by atoms with Gasteiger partial charge < -0.3 is 9.72 Å². The molecular formula is C18H22N2O2. The molecule has 1 atom stereocenters. The van der Waals surface area contributed by atoms with Gasteiger partial charge in [-0.05, 0) is 50.3 Å². The summed E-state index contributed by atoms with van der Waals surface area (Å²) in [6, 6.07) is 8.36. The van der Waals surface area contributed by atoms with E-state index in [0.717, 1.165) is 45.2 Å². The van der Waals surface area contributed by atoms with Crippen LogP contribution in [0.3, 0.4) is 0 Å². The first-order valence-corrected chi connectivity index (χ1v) is 8.31. The molecule has 1 saturated heterocycles. The van der Waals surface area contributed by atoms with Crippen molar-refractivity contribution in [1.29, 1.82) is 0 Å². The van der Waals surface area contributed by atoms with Crippen LogP contribution in [0.1, 0.15) is 31.2 Å². The van der Waals surface area contributed by atoms with Gasteiger partial charge in [-0.2, -0.15) is 0 Å². The average Bonchev–Trinajstić information content (AvgIpc) is 3.08. The Morgan fingerprint density at radius 1 is 1.27 bits per heavy atom. The number of hydrogen-bond acceptors (Lipinski definition) is 3. The van der Waals surface area contributed by atoms with E-state index in [9.17, 15) is 4.79 Å². The fourth-order valence-corrected chi connectivity index (χ4v) is 3.39. The Morgan fingerprint density at radius 2 is 2.14 bits per heavy atom. The third kappa shape index (κ3) is 2.75. The van der Waals surface area contributed by atoms with Crippen molar-refractivity contribution < 1.29 is 9.53 Å². The number of ether oxygens (including phenoxy) is 1. The number of rotatable bonds is 5. The molecule has 1 N–H and O–H groups in total. The van der Waals surface area contributed by atoms with Crippen LogP contribution in [0.2, 0.25) is 0 Å². The standard InChI is InChI=1S/C18H22N2O2/c21-18(22-14-7-8-14)17-6-3-10-20(17)11-9-13-12-19-16-5-2-1-4-15(13)16/h1-2,4-5,12,14,17,19H,3,6-11H2. The highest BCUT2D eigenvalue weighted by molar-refractivity contribution is 5.83. The maximum Gasteiger partial charge on any atom is 0.323 e. The number of H-pyrrole nitrogens is 1. The Morgan fingerprint density at radius 3 is 3.00 bits per heavy atom. The van der Waals surface area contributed by atoms with Crippen molar-refractivity contribution in [3.8, 4) is 0 Å². The summed E-state index contributed by atoms with van der Waals surface area (Å²) in [4.78, 5) is 17.8. The minimum atomic E-state index is -0.0224. The van der Waals surface area contributed by atoms with Gasteiger partial charge in [0.05, 0.1) is 0 Å². The first kappa shape index (κ1) is 13.8. The summed E-state index contributed by atoms with van der Waals surface area (Å²) in [5.41, 5.74) is 2.51. The predicted octanol–water partition coefficient (Wildman–Crippen LogP) is 2.88. The van der Waals surface area contributed by atoms with E-state index in [1.807, 2.05) is 6.07 Å². The SMILES string of the molecule is O=C(OC1CC1)C1CCCN1CCc1c[nH]c2ccccc12. The van der Waals surface area contributed by atoms with E-state index < -0.39 is 0 Å². The number of nitrogens with zero attached hydrogens (tertiary/aromatic N) is 1. The van der Waals surface area contributed by atoms with E-state index >= 15 is 0 Å². The molecule has 0 amide bonds. The second-order valence-corrected chi connectivity index (χ2v) is 6.44. The molecule has 4 heteroatoms. The van der Waals surface area contributed by atoms with E-state index in [2.05, 4.69) is 34.3 Å². The van der Waals surface area contributed by atoms with Gasteiger partial charge >= 0.3 is 5.97 Å². The van der Waals surface area contributed by atoms with Gasteiger partial charge in [-0.15, -0.1) is 0 Å². The molecule has 22 heavy (non-hydrogen) atoms. The largest absolute Gasteiger partial charge is 0.461 e. The highest BCUT2D eigenvalue weighted by Crippen LogP contribution is 2.27. The van der Waals surface area contributed by atoms with E-state index in [0.29, 0.717) is 0 Å². The Hall–Kier alpha value is -1.81. The minimum absolute atomic E-state index is 0.000994. The van der Waals surface area contributed by atoms with Crippen LogP contribution in [0.5, 0.6) is 0 Å². The number of aromatic amines is 1. The summed E-state index contributed by atoms with van der Waals surface area (Å²) in [6.45, 7) is 1.93. The lowest BCUT2D eigenvalue weighted by molar-refractivity contribution is -0.150. The molecule has 1 aliphatic heterocycles. The number of esters is 1. The topological polar surface area (TPSA) is 45.3 Å². The van der Waals surface area contributed by atoms with Gasteiger partial charge in [-0.3, -0.25) is 9.69 Å². The van der Waals surface area contributed by atoms with Gasteiger partial charge in [0.25, 0.3) is 0 Å². The molecule has 4 nitrogen and oxygen atoms in total. The maximum atomic E-state index is 12.2. The van der Waals surface area contributed by atoms with E-state index in [1.165, 1.54) is 16.5 Å². The predicted molar refractivity (Wildman–Crippen MR) is 85.7 cm³/mol. The normalized spacial score (nSPS) is 22.3. The third-order valence-electron chi connectivity index (χ3n) is 4.79. The summed E-state index contributed by atoms with van der Waals surface area (Å²) in [6.07, 6.45) is 7.41. The molecule has 0 bridgehead atoms. The fraction of sp³-hybridized carbons (Fsp3) is 0.500. The molecule has 1 aromatic carbocycles. The van der Waals surface area contributed by atoms with Crippen LogP contribution in [0.25, 0.3) is 10.9 Å². The number of fused-ring (bicyclic) bond motifs is 1. The van der Waals surface area contributed by atoms with Crippen molar-refractivity contribution >= 4 is 16.9 Å². The fourth-order valence-electron chi connectivity index (χ4n) is 3.39. The van der Waals surface area contributed by atoms with Gasteiger partial charge in [0.2, 0.25) is 0 Å². The highest BCUT2D eigenvalue weighted by Gasteiger charge is 2.35. The summed E-state index contributed by atoms with van der Waals surface area (Å²) in [5, 5.41) is 1.29. The van der Waals surface area contributed by atoms with Gasteiger partial charge in [0.1, 0.15) is 12.1 Å². The van der Waals surface area contributed by atoms with Crippen molar-refractivity contribution in [3.05, 3.63) is 36.0 Å². The van der Waals surface area contributed by atoms with Crippen molar-refractivity contribution in [1.82, 2.24) is 9.88 Å². The van der Waals surface area contributed by atoms with Crippen LogP contribution in [0.15, 0.2) is 30.5 Å². The van der Waals surface area contributed by atoms with E-state index in [-0.39, 0.29) is 18.1 Å². The van der Waals surface area contributed by atoms with Crippen LogP contribution in [0.4, 0.5) is 0 Å². The third-order valence-corrected chi connectivity index (χ3v) is 4.79. The Balaban J connectivity index is 1.40. The molecular weight excluding hydrogens is 276 g/mol. The molecule has 1 aromatic heterocycles. The minimum Gasteiger partial charge on any atom is -0.461 e. The number of nitrogens with one attached hydrogen (secondary N) is 1. The summed E-state index contributed by atoms with van der Waals surface area (Å²) >= 11 is 0. The van der Waals surface area contributed by atoms with Gasteiger partial charge in [0, 0.05) is 23.6 Å². The average molecular weight is 298 g/mol. The van der Waals surface area contributed by atoms with Crippen LogP contribution in [-0.4, -0.2) is 41.1 Å². The number of hydrogen-bond donors (Lipinski definition) is 1. The number of carbonyl (C=O) groups is 1. The number of aromatic nitrogens is 1. The number of para-hydroxylation sites is 1. The monoisotopic (exact) mass is 298 g/mol. The number of benzene rings is 1. The molecule has 2 fully saturated rings. The molecule has 2 aliphatic rings.